The fourth-order valence-electron chi connectivity index (χ4n) is 3.05. The number of amides is 2. The molecule has 1 aromatic carbocycles. The van der Waals surface area contributed by atoms with Crippen LogP contribution < -0.4 is 5.32 Å². The normalized spacial score (nSPS) is 22.7. The van der Waals surface area contributed by atoms with Gasteiger partial charge in [0.2, 0.25) is 0 Å². The first kappa shape index (κ1) is 17.8. The Balaban J connectivity index is 1.94. The Hall–Kier alpha value is -1.59. The molecule has 0 aliphatic carbocycles. The standard InChI is InChI=1S/C18H28N2O3/c1-3-7-16(10-15-8-5-4-6-9-15)19-18(22)20-11-14(2)23-17(12-20)13-21/h4-6,8-9,14,16-17,21H,3,7,10-13H2,1-2H3,(H,19,22). The van der Waals surface area contributed by atoms with Crippen molar-refractivity contribution in [1.82, 2.24) is 10.2 Å². The molecule has 2 N–H and O–H groups in total. The van der Waals surface area contributed by atoms with Gasteiger partial charge in [0, 0.05) is 12.6 Å². The topological polar surface area (TPSA) is 61.8 Å². The lowest BCUT2D eigenvalue weighted by Crippen LogP contribution is -2.55. The van der Waals surface area contributed by atoms with E-state index in [0.717, 1.165) is 19.3 Å². The molecule has 23 heavy (non-hydrogen) atoms. The van der Waals surface area contributed by atoms with E-state index < -0.39 is 0 Å². The number of ether oxygens (including phenoxy) is 1. The number of aliphatic hydroxyl groups is 1. The minimum Gasteiger partial charge on any atom is -0.394 e. The zero-order chi connectivity index (χ0) is 16.7. The molecule has 2 rings (SSSR count). The van der Waals surface area contributed by atoms with E-state index in [0.29, 0.717) is 13.1 Å². The van der Waals surface area contributed by atoms with E-state index in [9.17, 15) is 9.90 Å². The van der Waals surface area contributed by atoms with Gasteiger partial charge in [0.1, 0.15) is 0 Å². The first-order valence-corrected chi connectivity index (χ1v) is 8.48. The lowest BCUT2D eigenvalue weighted by Gasteiger charge is -2.36. The first-order chi connectivity index (χ1) is 11.1. The number of nitrogens with zero attached hydrogens (tertiary/aromatic N) is 1. The van der Waals surface area contributed by atoms with Crippen molar-refractivity contribution in [2.24, 2.45) is 0 Å². The minimum atomic E-state index is -0.289. The molecule has 5 nitrogen and oxygen atoms in total. The predicted molar refractivity (Wildman–Crippen MR) is 90.4 cm³/mol. The summed E-state index contributed by atoms with van der Waals surface area (Å²) >= 11 is 0. The maximum Gasteiger partial charge on any atom is 0.317 e. The van der Waals surface area contributed by atoms with Crippen LogP contribution in [0.4, 0.5) is 4.79 Å². The summed E-state index contributed by atoms with van der Waals surface area (Å²) in [5.41, 5.74) is 1.23. The number of carbonyl (C=O) groups is 1. The van der Waals surface area contributed by atoms with Crippen LogP contribution in [0.5, 0.6) is 0 Å². The van der Waals surface area contributed by atoms with Gasteiger partial charge in [-0.3, -0.25) is 0 Å². The summed E-state index contributed by atoms with van der Waals surface area (Å²) in [6.07, 6.45) is 2.47. The van der Waals surface area contributed by atoms with Crippen molar-refractivity contribution in [3.8, 4) is 0 Å². The highest BCUT2D eigenvalue weighted by Gasteiger charge is 2.28. The molecule has 1 heterocycles. The van der Waals surface area contributed by atoms with Crippen molar-refractivity contribution >= 4 is 6.03 Å². The van der Waals surface area contributed by atoms with E-state index in [1.54, 1.807) is 4.90 Å². The predicted octanol–water partition coefficient (Wildman–Crippen LogP) is 2.19. The molecule has 3 atom stereocenters. The van der Waals surface area contributed by atoms with Crippen molar-refractivity contribution in [3.63, 3.8) is 0 Å². The SMILES string of the molecule is CCCC(Cc1ccccc1)NC(=O)N1CC(C)OC(CO)C1. The van der Waals surface area contributed by atoms with Gasteiger partial charge >= 0.3 is 6.03 Å². The third kappa shape index (κ3) is 5.52. The summed E-state index contributed by atoms with van der Waals surface area (Å²) in [7, 11) is 0. The highest BCUT2D eigenvalue weighted by Crippen LogP contribution is 2.13. The van der Waals surface area contributed by atoms with Gasteiger partial charge < -0.3 is 20.1 Å². The molecule has 2 amide bonds. The van der Waals surface area contributed by atoms with Crippen molar-refractivity contribution in [2.45, 2.75) is 51.4 Å². The van der Waals surface area contributed by atoms with Crippen LogP contribution in [0.25, 0.3) is 0 Å². The molecular formula is C18H28N2O3. The van der Waals surface area contributed by atoms with Gasteiger partial charge in [0.05, 0.1) is 25.4 Å². The fourth-order valence-corrected chi connectivity index (χ4v) is 3.05. The van der Waals surface area contributed by atoms with Gasteiger partial charge in [0.15, 0.2) is 0 Å². The smallest absolute Gasteiger partial charge is 0.317 e. The Morgan fingerprint density at radius 3 is 2.78 bits per heavy atom. The molecule has 1 fully saturated rings. The minimum absolute atomic E-state index is 0.0506. The van der Waals surface area contributed by atoms with E-state index in [4.69, 9.17) is 4.74 Å². The molecule has 0 saturated carbocycles. The number of hydrogen-bond donors (Lipinski definition) is 2. The third-order valence-corrected chi connectivity index (χ3v) is 4.11. The Labute approximate surface area is 138 Å². The van der Waals surface area contributed by atoms with Crippen LogP contribution in [0.1, 0.15) is 32.3 Å². The number of rotatable bonds is 6. The Morgan fingerprint density at radius 1 is 1.39 bits per heavy atom. The molecule has 128 valence electrons. The van der Waals surface area contributed by atoms with E-state index >= 15 is 0 Å². The Kier molecular flexibility index (Phi) is 6.86. The van der Waals surface area contributed by atoms with E-state index in [2.05, 4.69) is 24.4 Å². The van der Waals surface area contributed by atoms with Gasteiger partial charge in [-0.1, -0.05) is 43.7 Å². The Bertz CT molecular complexity index is 480. The van der Waals surface area contributed by atoms with Crippen LogP contribution in [-0.4, -0.2) is 54.0 Å². The molecule has 1 aliphatic heterocycles. The Morgan fingerprint density at radius 2 is 2.13 bits per heavy atom. The zero-order valence-electron chi connectivity index (χ0n) is 14.1. The van der Waals surface area contributed by atoms with Gasteiger partial charge in [0.25, 0.3) is 0 Å². The van der Waals surface area contributed by atoms with Crippen molar-refractivity contribution < 1.29 is 14.6 Å². The van der Waals surface area contributed by atoms with E-state index in [1.165, 1.54) is 5.56 Å². The second-order valence-electron chi connectivity index (χ2n) is 6.28. The maximum absolute atomic E-state index is 12.6. The maximum atomic E-state index is 12.6. The van der Waals surface area contributed by atoms with Crippen LogP contribution >= 0.6 is 0 Å². The number of aliphatic hydroxyl groups excluding tert-OH is 1. The monoisotopic (exact) mass is 320 g/mol. The number of hydrogen-bond acceptors (Lipinski definition) is 3. The summed E-state index contributed by atoms with van der Waals surface area (Å²) in [4.78, 5) is 14.3. The summed E-state index contributed by atoms with van der Waals surface area (Å²) in [6.45, 7) is 5.00. The highest BCUT2D eigenvalue weighted by molar-refractivity contribution is 5.74. The molecule has 1 aromatic rings. The number of benzene rings is 1. The molecule has 3 unspecified atom stereocenters. The lowest BCUT2D eigenvalue weighted by molar-refractivity contribution is -0.0835. The van der Waals surface area contributed by atoms with Gasteiger partial charge in [-0.25, -0.2) is 4.79 Å². The van der Waals surface area contributed by atoms with Gasteiger partial charge in [-0.15, -0.1) is 0 Å². The van der Waals surface area contributed by atoms with Gasteiger partial charge in [-0.2, -0.15) is 0 Å². The molecule has 0 aromatic heterocycles. The molecule has 5 heteroatoms. The molecule has 0 bridgehead atoms. The first-order valence-electron chi connectivity index (χ1n) is 8.48. The van der Waals surface area contributed by atoms with Gasteiger partial charge in [-0.05, 0) is 25.3 Å². The lowest BCUT2D eigenvalue weighted by atomic mass is 10.0. The second-order valence-corrected chi connectivity index (χ2v) is 6.28. The summed E-state index contributed by atoms with van der Waals surface area (Å²) in [5.74, 6) is 0. The molecule has 1 saturated heterocycles. The molecular weight excluding hydrogens is 292 g/mol. The number of morpholine rings is 1. The van der Waals surface area contributed by atoms with Crippen molar-refractivity contribution in [3.05, 3.63) is 35.9 Å². The van der Waals surface area contributed by atoms with Crippen molar-refractivity contribution in [2.75, 3.05) is 19.7 Å². The largest absolute Gasteiger partial charge is 0.394 e. The van der Waals surface area contributed by atoms with E-state index in [-0.39, 0.29) is 30.9 Å². The fraction of sp³-hybridized carbons (Fsp3) is 0.611. The molecule has 1 aliphatic rings. The quantitative estimate of drug-likeness (QED) is 0.844. The van der Waals surface area contributed by atoms with E-state index in [1.807, 2.05) is 25.1 Å². The molecule has 0 radical (unpaired) electrons. The second kappa shape index (κ2) is 8.89. The number of nitrogens with one attached hydrogen (secondary N) is 1. The summed E-state index contributed by atoms with van der Waals surface area (Å²) < 4.78 is 5.59. The van der Waals surface area contributed by atoms with Crippen LogP contribution in [0, 0.1) is 0 Å². The van der Waals surface area contributed by atoms with Crippen molar-refractivity contribution in [1.29, 1.82) is 0 Å². The number of carbonyl (C=O) groups excluding carboxylic acids is 1. The molecule has 0 spiro atoms. The zero-order valence-corrected chi connectivity index (χ0v) is 14.1. The average molecular weight is 320 g/mol. The van der Waals surface area contributed by atoms with Crippen LogP contribution in [0.15, 0.2) is 30.3 Å². The number of urea groups is 1. The average Bonchev–Trinajstić information content (AvgIpc) is 2.55. The summed E-state index contributed by atoms with van der Waals surface area (Å²) in [6, 6.07) is 10.3. The van der Waals surface area contributed by atoms with Crippen LogP contribution in [0.3, 0.4) is 0 Å². The van der Waals surface area contributed by atoms with Crippen LogP contribution in [0.2, 0.25) is 0 Å². The highest BCUT2D eigenvalue weighted by atomic mass is 16.5. The third-order valence-electron chi connectivity index (χ3n) is 4.11. The summed E-state index contributed by atoms with van der Waals surface area (Å²) in [5, 5.41) is 12.4. The van der Waals surface area contributed by atoms with Crippen LogP contribution in [-0.2, 0) is 11.2 Å².